The molecule has 2 rings (SSSR count). The van der Waals surface area contributed by atoms with Crippen molar-refractivity contribution in [3.8, 4) is 11.5 Å². The van der Waals surface area contributed by atoms with Gasteiger partial charge in [-0.1, -0.05) is 12.1 Å². The fraction of sp³-hybridized carbons (Fsp3) is 0.231. The quantitative estimate of drug-likeness (QED) is 0.937. The fourth-order valence-corrected chi connectivity index (χ4v) is 1.53. The van der Waals surface area contributed by atoms with Crippen LogP contribution in [0.4, 0.5) is 13.2 Å². The number of rotatable bonds is 4. The van der Waals surface area contributed by atoms with E-state index in [2.05, 4.69) is 15.3 Å². The van der Waals surface area contributed by atoms with Crippen LogP contribution in [0, 0.1) is 0 Å². The molecule has 0 atom stereocenters. The highest BCUT2D eigenvalue weighted by atomic mass is 19.4. The maximum Gasteiger partial charge on any atom is 0.451 e. The normalized spacial score (nSPS) is 11.4. The Balaban J connectivity index is 2.06. The molecule has 4 nitrogen and oxygen atoms in total. The monoisotopic (exact) mass is 283 g/mol. The lowest BCUT2D eigenvalue weighted by Gasteiger charge is -2.08. The molecule has 1 heterocycles. The molecular weight excluding hydrogens is 271 g/mol. The second-order valence-electron chi connectivity index (χ2n) is 4.02. The van der Waals surface area contributed by atoms with Crippen LogP contribution in [0.2, 0.25) is 0 Å². The van der Waals surface area contributed by atoms with E-state index in [0.717, 1.165) is 24.5 Å². The Morgan fingerprint density at radius 1 is 1.05 bits per heavy atom. The molecule has 0 aliphatic carbocycles. The van der Waals surface area contributed by atoms with E-state index in [-0.39, 0.29) is 5.75 Å². The molecule has 0 saturated carbocycles. The van der Waals surface area contributed by atoms with Crippen molar-refractivity contribution in [3.63, 3.8) is 0 Å². The van der Waals surface area contributed by atoms with Crippen LogP contribution in [0.3, 0.4) is 0 Å². The largest absolute Gasteiger partial charge is 0.454 e. The van der Waals surface area contributed by atoms with E-state index < -0.39 is 12.0 Å². The van der Waals surface area contributed by atoms with Gasteiger partial charge in [0.05, 0.1) is 12.4 Å². The number of benzene rings is 1. The fourth-order valence-electron chi connectivity index (χ4n) is 1.53. The molecule has 20 heavy (non-hydrogen) atoms. The van der Waals surface area contributed by atoms with Gasteiger partial charge in [-0.2, -0.15) is 13.2 Å². The Morgan fingerprint density at radius 3 is 2.15 bits per heavy atom. The Labute approximate surface area is 113 Å². The van der Waals surface area contributed by atoms with E-state index in [4.69, 9.17) is 4.74 Å². The Bertz CT molecular complexity index is 553. The van der Waals surface area contributed by atoms with E-state index in [9.17, 15) is 13.2 Å². The number of nitrogens with zero attached hydrogens (tertiary/aromatic N) is 2. The highest BCUT2D eigenvalue weighted by Crippen LogP contribution is 2.27. The third-order valence-corrected chi connectivity index (χ3v) is 2.42. The van der Waals surface area contributed by atoms with Crippen LogP contribution in [0.25, 0.3) is 0 Å². The third-order valence-electron chi connectivity index (χ3n) is 2.42. The van der Waals surface area contributed by atoms with Crippen molar-refractivity contribution in [3.05, 3.63) is 48.0 Å². The average molecular weight is 283 g/mol. The van der Waals surface area contributed by atoms with Crippen LogP contribution in [-0.2, 0) is 12.7 Å². The zero-order valence-electron chi connectivity index (χ0n) is 10.6. The molecule has 1 aromatic heterocycles. The van der Waals surface area contributed by atoms with Crippen molar-refractivity contribution in [1.29, 1.82) is 0 Å². The van der Waals surface area contributed by atoms with Gasteiger partial charge >= 0.3 is 6.18 Å². The molecule has 0 aliphatic rings. The van der Waals surface area contributed by atoms with Crippen LogP contribution in [0.15, 0.2) is 36.7 Å². The molecule has 0 radical (unpaired) electrons. The van der Waals surface area contributed by atoms with Crippen LogP contribution < -0.4 is 10.1 Å². The molecule has 106 valence electrons. The van der Waals surface area contributed by atoms with Crippen molar-refractivity contribution < 1.29 is 17.9 Å². The van der Waals surface area contributed by atoms with E-state index in [0.29, 0.717) is 5.75 Å². The highest BCUT2D eigenvalue weighted by molar-refractivity contribution is 5.31. The van der Waals surface area contributed by atoms with Crippen LogP contribution in [0.1, 0.15) is 11.4 Å². The van der Waals surface area contributed by atoms with Gasteiger partial charge < -0.3 is 10.1 Å². The maximum absolute atomic E-state index is 12.3. The molecule has 0 fully saturated rings. The number of nitrogens with one attached hydrogen (secondary N) is 1. The predicted octanol–water partition coefficient (Wildman–Crippen LogP) is 3.01. The zero-order chi connectivity index (χ0) is 14.6. The summed E-state index contributed by atoms with van der Waals surface area (Å²) in [6.45, 7) is 0.726. The van der Waals surface area contributed by atoms with Crippen molar-refractivity contribution in [1.82, 2.24) is 15.3 Å². The Morgan fingerprint density at radius 2 is 1.65 bits per heavy atom. The predicted molar refractivity (Wildman–Crippen MR) is 66.3 cm³/mol. The van der Waals surface area contributed by atoms with Gasteiger partial charge in [-0.3, -0.25) is 0 Å². The first-order valence-electron chi connectivity index (χ1n) is 5.79. The minimum absolute atomic E-state index is 0.152. The van der Waals surface area contributed by atoms with Gasteiger partial charge in [-0.25, -0.2) is 9.97 Å². The lowest BCUT2D eigenvalue weighted by molar-refractivity contribution is -0.145. The van der Waals surface area contributed by atoms with Crippen LogP contribution in [-0.4, -0.2) is 17.0 Å². The molecule has 0 aliphatic heterocycles. The summed E-state index contributed by atoms with van der Waals surface area (Å²) in [6.07, 6.45) is -2.55. The summed E-state index contributed by atoms with van der Waals surface area (Å²) in [5, 5.41) is 3.01. The number of hydrogen-bond acceptors (Lipinski definition) is 4. The molecule has 0 bridgehead atoms. The SMILES string of the molecule is CNCc1ccc(Oc2cnc(C(F)(F)F)nc2)cc1. The molecule has 2 aromatic rings. The molecule has 0 unspecified atom stereocenters. The molecule has 7 heteroatoms. The van der Waals surface area contributed by atoms with Gasteiger partial charge in [0.1, 0.15) is 5.75 Å². The minimum atomic E-state index is -4.55. The van der Waals surface area contributed by atoms with Crippen LogP contribution >= 0.6 is 0 Å². The van der Waals surface area contributed by atoms with Gasteiger partial charge in [0, 0.05) is 6.54 Å². The number of hydrogen-bond donors (Lipinski definition) is 1. The van der Waals surface area contributed by atoms with E-state index in [1.807, 2.05) is 19.2 Å². The summed E-state index contributed by atoms with van der Waals surface area (Å²) in [7, 11) is 1.84. The second-order valence-corrected chi connectivity index (χ2v) is 4.02. The van der Waals surface area contributed by atoms with Crippen molar-refractivity contribution >= 4 is 0 Å². The Kier molecular flexibility index (Phi) is 4.19. The van der Waals surface area contributed by atoms with Crippen molar-refractivity contribution in [2.75, 3.05) is 7.05 Å². The summed E-state index contributed by atoms with van der Waals surface area (Å²) in [5.74, 6) is -0.526. The average Bonchev–Trinajstić information content (AvgIpc) is 2.41. The summed E-state index contributed by atoms with van der Waals surface area (Å²) in [4.78, 5) is 6.44. The molecule has 1 aromatic carbocycles. The number of halogens is 3. The summed E-state index contributed by atoms with van der Waals surface area (Å²) in [5.41, 5.74) is 1.07. The van der Waals surface area contributed by atoms with Gasteiger partial charge in [-0.15, -0.1) is 0 Å². The van der Waals surface area contributed by atoms with Crippen molar-refractivity contribution in [2.45, 2.75) is 12.7 Å². The van der Waals surface area contributed by atoms with Gasteiger partial charge in [0.15, 0.2) is 5.75 Å². The topological polar surface area (TPSA) is 47.0 Å². The summed E-state index contributed by atoms with van der Waals surface area (Å²) >= 11 is 0. The number of aromatic nitrogens is 2. The Hall–Kier alpha value is -2.15. The van der Waals surface area contributed by atoms with Gasteiger partial charge in [-0.05, 0) is 24.7 Å². The van der Waals surface area contributed by atoms with E-state index in [1.54, 1.807) is 12.1 Å². The lowest BCUT2D eigenvalue weighted by atomic mass is 10.2. The molecule has 0 amide bonds. The third kappa shape index (κ3) is 3.67. The molecule has 0 spiro atoms. The van der Waals surface area contributed by atoms with Crippen molar-refractivity contribution in [2.24, 2.45) is 0 Å². The van der Waals surface area contributed by atoms with Gasteiger partial charge in [0.2, 0.25) is 5.82 Å². The number of alkyl halides is 3. The number of ether oxygens (including phenoxy) is 1. The molecular formula is C13H12F3N3O. The molecule has 0 saturated heterocycles. The smallest absolute Gasteiger partial charge is 0.451 e. The summed E-state index contributed by atoms with van der Waals surface area (Å²) in [6, 6.07) is 7.17. The molecule has 1 N–H and O–H groups in total. The standard InChI is InChI=1S/C13H12F3N3O/c1-17-6-9-2-4-10(5-3-9)20-11-7-18-12(19-8-11)13(14,15)16/h2-5,7-8,17H,6H2,1H3. The first-order chi connectivity index (χ1) is 9.49. The van der Waals surface area contributed by atoms with Gasteiger partial charge in [0.25, 0.3) is 0 Å². The summed E-state index contributed by atoms with van der Waals surface area (Å²) < 4.78 is 42.2. The van der Waals surface area contributed by atoms with E-state index in [1.165, 1.54) is 0 Å². The van der Waals surface area contributed by atoms with Crippen LogP contribution in [0.5, 0.6) is 11.5 Å². The minimum Gasteiger partial charge on any atom is -0.454 e. The zero-order valence-corrected chi connectivity index (χ0v) is 10.6. The second kappa shape index (κ2) is 5.87. The first kappa shape index (κ1) is 14.3. The lowest BCUT2D eigenvalue weighted by Crippen LogP contribution is -2.10. The van der Waals surface area contributed by atoms with E-state index >= 15 is 0 Å². The maximum atomic E-state index is 12.3. The first-order valence-corrected chi connectivity index (χ1v) is 5.79. The highest BCUT2D eigenvalue weighted by Gasteiger charge is 2.34.